The lowest BCUT2D eigenvalue weighted by Crippen LogP contribution is -2.02. The van der Waals surface area contributed by atoms with Gasteiger partial charge in [0.05, 0.1) is 22.9 Å². The number of hydrogen-bond acceptors (Lipinski definition) is 5. The minimum absolute atomic E-state index is 0.0650. The molecule has 0 aliphatic heterocycles. The average Bonchev–Trinajstić information content (AvgIpc) is 2.85. The Balaban J connectivity index is 2.13. The van der Waals surface area contributed by atoms with E-state index in [9.17, 15) is 4.79 Å². The van der Waals surface area contributed by atoms with Crippen LogP contribution in [0.5, 0.6) is 5.75 Å². The van der Waals surface area contributed by atoms with Crippen molar-refractivity contribution < 1.29 is 19.2 Å². The van der Waals surface area contributed by atoms with Crippen LogP contribution in [0.4, 0.5) is 0 Å². The Hall–Kier alpha value is -2.52. The molecule has 0 unspecified atom stereocenters. The van der Waals surface area contributed by atoms with E-state index in [0.29, 0.717) is 11.3 Å². The van der Waals surface area contributed by atoms with Gasteiger partial charge in [0.15, 0.2) is 5.76 Å². The molecule has 1 N–H and O–H groups in total. The minimum Gasteiger partial charge on any atom is -0.484 e. The molecule has 19 heavy (non-hydrogen) atoms. The Kier molecular flexibility index (Phi) is 3.68. The van der Waals surface area contributed by atoms with Gasteiger partial charge >= 0.3 is 5.97 Å². The number of nitriles is 1. The first-order valence-corrected chi connectivity index (χ1v) is 5.49. The summed E-state index contributed by atoms with van der Waals surface area (Å²) in [4.78, 5) is 10.8. The predicted molar refractivity (Wildman–Crippen MR) is 64.0 cm³/mol. The lowest BCUT2D eigenvalue weighted by atomic mass is 10.2. The van der Waals surface area contributed by atoms with Crippen LogP contribution >= 0.6 is 11.6 Å². The van der Waals surface area contributed by atoms with Gasteiger partial charge in [0, 0.05) is 0 Å². The number of nitrogens with zero attached hydrogens (tertiary/aromatic N) is 2. The summed E-state index contributed by atoms with van der Waals surface area (Å²) >= 11 is 5.91. The molecule has 2 rings (SSSR count). The van der Waals surface area contributed by atoms with Crippen molar-refractivity contribution >= 4 is 17.6 Å². The lowest BCUT2D eigenvalue weighted by molar-refractivity contribution is 0.0691. The molecule has 1 aromatic heterocycles. The van der Waals surface area contributed by atoms with E-state index < -0.39 is 5.97 Å². The molecule has 96 valence electrons. The second-order valence-electron chi connectivity index (χ2n) is 3.51. The van der Waals surface area contributed by atoms with Crippen LogP contribution in [0.25, 0.3) is 0 Å². The molecule has 0 radical (unpaired) electrons. The van der Waals surface area contributed by atoms with Gasteiger partial charge in [-0.3, -0.25) is 0 Å². The Morgan fingerprint density at radius 1 is 1.58 bits per heavy atom. The normalized spacial score (nSPS) is 9.89. The van der Waals surface area contributed by atoms with Gasteiger partial charge in [-0.1, -0.05) is 16.8 Å². The number of benzene rings is 1. The highest BCUT2D eigenvalue weighted by molar-refractivity contribution is 6.32. The number of rotatable bonds is 4. The Morgan fingerprint density at radius 3 is 3.00 bits per heavy atom. The van der Waals surface area contributed by atoms with Gasteiger partial charge in [-0.05, 0) is 18.2 Å². The monoisotopic (exact) mass is 278 g/mol. The van der Waals surface area contributed by atoms with Crippen molar-refractivity contribution in [3.8, 4) is 11.8 Å². The highest BCUT2D eigenvalue weighted by Crippen LogP contribution is 2.26. The SMILES string of the molecule is N#Cc1ccc(OCc2oncc2C(=O)O)c(Cl)c1. The Labute approximate surface area is 112 Å². The molecule has 0 aliphatic rings. The second kappa shape index (κ2) is 5.42. The maximum absolute atomic E-state index is 10.8. The number of ether oxygens (including phenoxy) is 1. The Bertz CT molecular complexity index is 660. The molecular weight excluding hydrogens is 272 g/mol. The third-order valence-corrected chi connectivity index (χ3v) is 2.59. The summed E-state index contributed by atoms with van der Waals surface area (Å²) in [6.45, 7) is -0.118. The van der Waals surface area contributed by atoms with E-state index in [1.54, 1.807) is 6.07 Å². The van der Waals surface area contributed by atoms with Crippen LogP contribution in [0.2, 0.25) is 5.02 Å². The summed E-state index contributed by atoms with van der Waals surface area (Å²) in [5, 5.41) is 21.2. The first-order valence-electron chi connectivity index (χ1n) is 5.11. The molecule has 1 aromatic carbocycles. The van der Waals surface area contributed by atoms with Crippen LogP contribution in [0.3, 0.4) is 0 Å². The van der Waals surface area contributed by atoms with Gasteiger partial charge in [0.2, 0.25) is 0 Å². The minimum atomic E-state index is -1.15. The van der Waals surface area contributed by atoms with E-state index >= 15 is 0 Å². The molecule has 0 amide bonds. The van der Waals surface area contributed by atoms with E-state index in [0.717, 1.165) is 6.20 Å². The van der Waals surface area contributed by atoms with Gasteiger partial charge in [-0.25, -0.2) is 4.79 Å². The van der Waals surface area contributed by atoms with Crippen LogP contribution < -0.4 is 4.74 Å². The molecule has 0 bridgehead atoms. The molecule has 0 aliphatic carbocycles. The van der Waals surface area contributed by atoms with Crippen LogP contribution in [0.1, 0.15) is 21.7 Å². The summed E-state index contributed by atoms with van der Waals surface area (Å²) in [7, 11) is 0. The van der Waals surface area contributed by atoms with Gasteiger partial charge in [0.1, 0.15) is 17.9 Å². The van der Waals surface area contributed by atoms with E-state index in [4.69, 9.17) is 31.2 Å². The maximum atomic E-state index is 10.8. The number of carbonyl (C=O) groups is 1. The molecule has 0 fully saturated rings. The second-order valence-corrected chi connectivity index (χ2v) is 3.92. The molecule has 0 saturated carbocycles. The number of aromatic nitrogens is 1. The molecule has 2 aromatic rings. The fraction of sp³-hybridized carbons (Fsp3) is 0.0833. The number of hydrogen-bond donors (Lipinski definition) is 1. The first kappa shape index (κ1) is 12.9. The molecule has 7 heteroatoms. The predicted octanol–water partition coefficient (Wildman–Crippen LogP) is 2.48. The fourth-order valence-corrected chi connectivity index (χ4v) is 1.61. The van der Waals surface area contributed by atoms with E-state index in [1.807, 2.05) is 6.07 Å². The van der Waals surface area contributed by atoms with Crippen molar-refractivity contribution in [3.05, 3.63) is 46.3 Å². The van der Waals surface area contributed by atoms with Gasteiger partial charge in [0.25, 0.3) is 0 Å². The van der Waals surface area contributed by atoms with Crippen LogP contribution in [0.15, 0.2) is 28.9 Å². The van der Waals surface area contributed by atoms with E-state index in [1.165, 1.54) is 12.1 Å². The zero-order valence-corrected chi connectivity index (χ0v) is 10.2. The quantitative estimate of drug-likeness (QED) is 0.923. The summed E-state index contributed by atoms with van der Waals surface area (Å²) in [5.74, 6) is -0.730. The highest BCUT2D eigenvalue weighted by atomic mass is 35.5. The van der Waals surface area contributed by atoms with Crippen molar-refractivity contribution in [3.63, 3.8) is 0 Å². The number of carboxylic acid groups (broad SMARTS) is 1. The topological polar surface area (TPSA) is 96.4 Å². The number of carboxylic acids is 1. The highest BCUT2D eigenvalue weighted by Gasteiger charge is 2.16. The molecular formula is C12H7ClN2O4. The lowest BCUT2D eigenvalue weighted by Gasteiger charge is -2.06. The Morgan fingerprint density at radius 2 is 2.37 bits per heavy atom. The largest absolute Gasteiger partial charge is 0.484 e. The van der Waals surface area contributed by atoms with Crippen LogP contribution in [0, 0.1) is 11.3 Å². The van der Waals surface area contributed by atoms with Gasteiger partial charge < -0.3 is 14.4 Å². The maximum Gasteiger partial charge on any atom is 0.341 e. The van der Waals surface area contributed by atoms with Crippen LogP contribution in [-0.4, -0.2) is 16.2 Å². The van der Waals surface area contributed by atoms with Gasteiger partial charge in [-0.15, -0.1) is 0 Å². The van der Waals surface area contributed by atoms with Gasteiger partial charge in [-0.2, -0.15) is 5.26 Å². The third kappa shape index (κ3) is 2.84. The zero-order valence-electron chi connectivity index (χ0n) is 9.46. The molecule has 0 saturated heterocycles. The van der Waals surface area contributed by atoms with Crippen molar-refractivity contribution in [2.24, 2.45) is 0 Å². The summed E-state index contributed by atoms with van der Waals surface area (Å²) in [6.07, 6.45) is 1.10. The summed E-state index contributed by atoms with van der Waals surface area (Å²) in [6, 6.07) is 6.46. The summed E-state index contributed by atoms with van der Waals surface area (Å²) < 4.78 is 10.1. The molecule has 0 atom stereocenters. The molecule has 0 spiro atoms. The average molecular weight is 279 g/mol. The fourth-order valence-electron chi connectivity index (χ4n) is 1.37. The summed E-state index contributed by atoms with van der Waals surface area (Å²) in [5.41, 5.74) is 0.341. The molecule has 1 heterocycles. The van der Waals surface area contributed by atoms with E-state index in [-0.39, 0.29) is 23.0 Å². The third-order valence-electron chi connectivity index (χ3n) is 2.30. The number of halogens is 1. The van der Waals surface area contributed by atoms with Crippen molar-refractivity contribution in [2.75, 3.05) is 0 Å². The smallest absolute Gasteiger partial charge is 0.341 e. The van der Waals surface area contributed by atoms with Crippen molar-refractivity contribution in [1.29, 1.82) is 5.26 Å². The van der Waals surface area contributed by atoms with Crippen molar-refractivity contribution in [2.45, 2.75) is 6.61 Å². The number of aromatic carboxylic acids is 1. The molecule has 6 nitrogen and oxygen atoms in total. The van der Waals surface area contributed by atoms with E-state index in [2.05, 4.69) is 5.16 Å². The zero-order chi connectivity index (χ0) is 13.8. The van der Waals surface area contributed by atoms with Crippen molar-refractivity contribution in [1.82, 2.24) is 5.16 Å². The van der Waals surface area contributed by atoms with Crippen LogP contribution in [-0.2, 0) is 6.61 Å². The standard InChI is InChI=1S/C12H7ClN2O4/c13-9-3-7(4-14)1-2-10(9)18-6-11-8(12(16)17)5-15-19-11/h1-3,5H,6H2,(H,16,17). The first-order chi connectivity index (χ1) is 9.11.